The molecule has 2 amide bonds. The number of ether oxygens (including phenoxy) is 1. The van der Waals surface area contributed by atoms with E-state index in [1.165, 1.54) is 0 Å². The fraction of sp³-hybridized carbons (Fsp3) is 0.429. The summed E-state index contributed by atoms with van der Waals surface area (Å²) in [5, 5.41) is 5.64. The first-order chi connectivity index (χ1) is 9.24. The largest absolute Gasteiger partial charge is 0.478 e. The highest BCUT2D eigenvalue weighted by molar-refractivity contribution is 5.97. The smallest absolute Gasteiger partial charge is 0.265 e. The van der Waals surface area contributed by atoms with E-state index in [-0.39, 0.29) is 17.7 Å². The van der Waals surface area contributed by atoms with Gasteiger partial charge in [-0.3, -0.25) is 9.59 Å². The van der Waals surface area contributed by atoms with Crippen molar-refractivity contribution in [3.8, 4) is 5.75 Å². The van der Waals surface area contributed by atoms with Gasteiger partial charge in [-0.1, -0.05) is 12.1 Å². The van der Waals surface area contributed by atoms with E-state index in [2.05, 4.69) is 10.6 Å². The number of hydrogen-bond donors (Lipinski definition) is 2. The van der Waals surface area contributed by atoms with Crippen LogP contribution < -0.4 is 15.4 Å². The van der Waals surface area contributed by atoms with E-state index >= 15 is 0 Å². The molecule has 3 rings (SSSR count). The summed E-state index contributed by atoms with van der Waals surface area (Å²) in [6.07, 6.45) is 1.92. The van der Waals surface area contributed by atoms with E-state index in [1.807, 2.05) is 18.2 Å². The van der Waals surface area contributed by atoms with E-state index in [0.29, 0.717) is 24.4 Å². The van der Waals surface area contributed by atoms with Crippen molar-refractivity contribution < 1.29 is 14.3 Å². The Hall–Kier alpha value is -2.04. The minimum atomic E-state index is -0.533. The summed E-state index contributed by atoms with van der Waals surface area (Å²) in [5.74, 6) is 0.818. The van der Waals surface area contributed by atoms with Gasteiger partial charge in [0.05, 0.1) is 5.69 Å². The summed E-state index contributed by atoms with van der Waals surface area (Å²) in [7, 11) is 0. The lowest BCUT2D eigenvalue weighted by molar-refractivity contribution is -0.125. The van der Waals surface area contributed by atoms with Crippen molar-refractivity contribution in [1.82, 2.24) is 5.32 Å². The van der Waals surface area contributed by atoms with E-state index in [9.17, 15) is 9.59 Å². The molecule has 1 aliphatic heterocycles. The Kier molecular flexibility index (Phi) is 3.11. The molecule has 5 nitrogen and oxygen atoms in total. The van der Waals surface area contributed by atoms with E-state index in [1.54, 1.807) is 6.07 Å². The highest BCUT2D eigenvalue weighted by Gasteiger charge is 2.30. The maximum absolute atomic E-state index is 11.8. The minimum Gasteiger partial charge on any atom is -0.478 e. The van der Waals surface area contributed by atoms with Crippen LogP contribution in [0.1, 0.15) is 19.3 Å². The minimum absolute atomic E-state index is 0.0941. The molecule has 5 heteroatoms. The molecule has 1 aromatic rings. The molecule has 0 radical (unpaired) electrons. The third kappa shape index (κ3) is 2.70. The van der Waals surface area contributed by atoms with Gasteiger partial charge in [0.25, 0.3) is 5.91 Å². The zero-order valence-electron chi connectivity index (χ0n) is 10.5. The quantitative estimate of drug-likeness (QED) is 0.857. The summed E-state index contributed by atoms with van der Waals surface area (Å²) in [6.45, 7) is 0.468. The van der Waals surface area contributed by atoms with E-state index in [0.717, 1.165) is 12.8 Å². The molecule has 0 aromatic heterocycles. The van der Waals surface area contributed by atoms with Crippen LogP contribution in [0.4, 0.5) is 5.69 Å². The zero-order chi connectivity index (χ0) is 13.2. The Morgan fingerprint density at radius 1 is 1.37 bits per heavy atom. The number of hydrogen-bond acceptors (Lipinski definition) is 3. The van der Waals surface area contributed by atoms with E-state index < -0.39 is 6.10 Å². The van der Waals surface area contributed by atoms with Crippen LogP contribution in [0.25, 0.3) is 0 Å². The first-order valence-corrected chi connectivity index (χ1v) is 6.58. The van der Waals surface area contributed by atoms with Crippen LogP contribution in [-0.2, 0) is 9.59 Å². The number of para-hydroxylation sites is 2. The van der Waals surface area contributed by atoms with Crippen molar-refractivity contribution in [3.63, 3.8) is 0 Å². The summed E-state index contributed by atoms with van der Waals surface area (Å²) in [4.78, 5) is 23.3. The maximum atomic E-state index is 11.8. The van der Waals surface area contributed by atoms with Gasteiger partial charge >= 0.3 is 0 Å². The monoisotopic (exact) mass is 260 g/mol. The molecular formula is C14H16N2O3. The molecule has 2 aliphatic rings. The van der Waals surface area contributed by atoms with Crippen LogP contribution in [-0.4, -0.2) is 24.5 Å². The second-order valence-electron chi connectivity index (χ2n) is 4.95. The van der Waals surface area contributed by atoms with Crippen molar-refractivity contribution in [2.24, 2.45) is 5.92 Å². The van der Waals surface area contributed by atoms with Gasteiger partial charge in [-0.15, -0.1) is 0 Å². The lowest BCUT2D eigenvalue weighted by Gasteiger charge is -2.25. The Morgan fingerprint density at radius 2 is 2.16 bits per heavy atom. The molecule has 0 spiro atoms. The molecule has 1 fully saturated rings. The Labute approximate surface area is 111 Å². The summed E-state index contributed by atoms with van der Waals surface area (Å²) < 4.78 is 5.64. The molecule has 1 heterocycles. The number of carbonyl (C=O) groups is 2. The predicted molar refractivity (Wildman–Crippen MR) is 69.8 cm³/mol. The highest BCUT2D eigenvalue weighted by Crippen LogP contribution is 2.30. The molecule has 1 unspecified atom stereocenters. The van der Waals surface area contributed by atoms with Gasteiger partial charge in [0.1, 0.15) is 5.75 Å². The van der Waals surface area contributed by atoms with Crippen molar-refractivity contribution in [2.75, 3.05) is 11.9 Å². The maximum Gasteiger partial charge on any atom is 0.265 e. The standard InChI is InChI=1S/C14H16N2O3/c17-13(9-5-6-9)15-8-7-12-14(18)16-10-3-1-2-4-11(10)19-12/h1-4,9,12H,5-8H2,(H,15,17)(H,16,18). The lowest BCUT2D eigenvalue weighted by atomic mass is 10.1. The molecule has 2 N–H and O–H groups in total. The first kappa shape index (κ1) is 12.0. The summed E-state index contributed by atoms with van der Waals surface area (Å²) in [5.41, 5.74) is 0.700. The molecule has 19 heavy (non-hydrogen) atoms. The van der Waals surface area contributed by atoms with Gasteiger partial charge in [0.2, 0.25) is 5.91 Å². The van der Waals surface area contributed by atoms with Crippen LogP contribution in [0.15, 0.2) is 24.3 Å². The molecule has 0 bridgehead atoms. The molecule has 1 atom stereocenters. The molecular weight excluding hydrogens is 244 g/mol. The zero-order valence-corrected chi connectivity index (χ0v) is 10.5. The fourth-order valence-electron chi connectivity index (χ4n) is 2.10. The Bertz CT molecular complexity index is 511. The van der Waals surface area contributed by atoms with Crippen molar-refractivity contribution >= 4 is 17.5 Å². The number of nitrogens with one attached hydrogen (secondary N) is 2. The van der Waals surface area contributed by atoms with Crippen LogP contribution in [0.3, 0.4) is 0 Å². The summed E-state index contributed by atoms with van der Waals surface area (Å²) in [6, 6.07) is 7.34. The number of rotatable bonds is 4. The topological polar surface area (TPSA) is 67.4 Å². The molecule has 0 saturated heterocycles. The summed E-state index contributed by atoms with van der Waals surface area (Å²) >= 11 is 0. The van der Waals surface area contributed by atoms with Gasteiger partial charge < -0.3 is 15.4 Å². The van der Waals surface area contributed by atoms with Crippen LogP contribution in [0.5, 0.6) is 5.75 Å². The van der Waals surface area contributed by atoms with Crippen molar-refractivity contribution in [2.45, 2.75) is 25.4 Å². The van der Waals surface area contributed by atoms with Gasteiger partial charge in [-0.05, 0) is 25.0 Å². The van der Waals surface area contributed by atoms with Gasteiger partial charge in [0, 0.05) is 18.9 Å². The number of fused-ring (bicyclic) bond motifs is 1. The Balaban J connectivity index is 1.54. The Morgan fingerprint density at radius 3 is 2.95 bits per heavy atom. The number of anilines is 1. The van der Waals surface area contributed by atoms with Gasteiger partial charge in [-0.2, -0.15) is 0 Å². The lowest BCUT2D eigenvalue weighted by Crippen LogP contribution is -2.40. The van der Waals surface area contributed by atoms with Gasteiger partial charge in [-0.25, -0.2) is 0 Å². The van der Waals surface area contributed by atoms with Crippen molar-refractivity contribution in [3.05, 3.63) is 24.3 Å². The van der Waals surface area contributed by atoms with Crippen LogP contribution in [0.2, 0.25) is 0 Å². The first-order valence-electron chi connectivity index (χ1n) is 6.58. The molecule has 100 valence electrons. The average Bonchev–Trinajstić information content (AvgIpc) is 3.23. The molecule has 1 saturated carbocycles. The fourth-order valence-corrected chi connectivity index (χ4v) is 2.10. The third-order valence-electron chi connectivity index (χ3n) is 3.36. The van der Waals surface area contributed by atoms with Gasteiger partial charge in [0.15, 0.2) is 6.10 Å². The number of benzene rings is 1. The van der Waals surface area contributed by atoms with E-state index in [4.69, 9.17) is 4.74 Å². The predicted octanol–water partition coefficient (Wildman–Crippen LogP) is 1.30. The molecule has 1 aromatic carbocycles. The van der Waals surface area contributed by atoms with Crippen LogP contribution in [0, 0.1) is 5.92 Å². The SMILES string of the molecule is O=C(NCCC1Oc2ccccc2NC1=O)C1CC1. The number of carbonyl (C=O) groups excluding carboxylic acids is 2. The highest BCUT2D eigenvalue weighted by atomic mass is 16.5. The van der Waals surface area contributed by atoms with Crippen LogP contribution >= 0.6 is 0 Å². The molecule has 1 aliphatic carbocycles. The normalized spacial score (nSPS) is 21.1. The van der Waals surface area contributed by atoms with Crippen molar-refractivity contribution in [1.29, 1.82) is 0 Å². The average molecular weight is 260 g/mol. The second kappa shape index (κ2) is 4.91. The third-order valence-corrected chi connectivity index (χ3v) is 3.36. The second-order valence-corrected chi connectivity index (χ2v) is 4.95. The number of amides is 2.